The van der Waals surface area contributed by atoms with Crippen LogP contribution >= 0.6 is 0 Å². The van der Waals surface area contributed by atoms with Gasteiger partial charge < -0.3 is 20.8 Å². The summed E-state index contributed by atoms with van der Waals surface area (Å²) >= 11 is 0. The Morgan fingerprint density at radius 3 is 2.72 bits per heavy atom. The van der Waals surface area contributed by atoms with Crippen molar-refractivity contribution in [3.63, 3.8) is 0 Å². The molecule has 1 aliphatic rings. The van der Waals surface area contributed by atoms with Crippen molar-refractivity contribution in [3.8, 4) is 0 Å². The number of carbonyl (C=O) groups excluding carboxylic acids is 1. The molecule has 0 saturated carbocycles. The molecule has 7 nitrogen and oxygen atoms in total. The van der Waals surface area contributed by atoms with E-state index in [2.05, 4.69) is 10.1 Å². The molecule has 1 saturated heterocycles. The molecule has 4 N–H and O–H groups in total. The first-order valence-electron chi connectivity index (χ1n) is 8.57. The SMILES string of the molecule is CCOC(=O)C1CCCN(CC(C)(O)c2ccc(C(N)=NO)cc2)C1. The summed E-state index contributed by atoms with van der Waals surface area (Å²) in [4.78, 5) is 14.1. The lowest BCUT2D eigenvalue weighted by Crippen LogP contribution is -2.45. The molecule has 7 heteroatoms. The average molecular weight is 349 g/mol. The van der Waals surface area contributed by atoms with E-state index in [1.54, 1.807) is 38.1 Å². The number of aliphatic hydroxyl groups is 1. The third-order valence-electron chi connectivity index (χ3n) is 4.57. The van der Waals surface area contributed by atoms with E-state index in [0.717, 1.165) is 24.9 Å². The van der Waals surface area contributed by atoms with Crippen molar-refractivity contribution in [1.29, 1.82) is 0 Å². The third-order valence-corrected chi connectivity index (χ3v) is 4.57. The Kier molecular flexibility index (Phi) is 6.39. The van der Waals surface area contributed by atoms with Crippen LogP contribution in [0.25, 0.3) is 0 Å². The molecule has 0 spiro atoms. The van der Waals surface area contributed by atoms with Crippen LogP contribution in [-0.2, 0) is 15.1 Å². The average Bonchev–Trinajstić information content (AvgIpc) is 2.61. The summed E-state index contributed by atoms with van der Waals surface area (Å²) in [5.74, 6) is -0.262. The maximum Gasteiger partial charge on any atom is 0.310 e. The zero-order valence-corrected chi connectivity index (χ0v) is 14.8. The van der Waals surface area contributed by atoms with E-state index in [-0.39, 0.29) is 17.7 Å². The number of amidine groups is 1. The highest BCUT2D eigenvalue weighted by molar-refractivity contribution is 5.96. The molecule has 0 bridgehead atoms. The summed E-state index contributed by atoms with van der Waals surface area (Å²) in [6.07, 6.45) is 1.73. The number of benzene rings is 1. The molecule has 2 atom stereocenters. The van der Waals surface area contributed by atoms with Crippen molar-refractivity contribution < 1.29 is 19.8 Å². The number of esters is 1. The van der Waals surface area contributed by atoms with Crippen LogP contribution in [0.4, 0.5) is 0 Å². The second-order valence-electron chi connectivity index (χ2n) is 6.66. The Bertz CT molecular complexity index is 613. The topological polar surface area (TPSA) is 108 Å². The van der Waals surface area contributed by atoms with Crippen molar-refractivity contribution >= 4 is 11.8 Å². The highest BCUT2D eigenvalue weighted by Crippen LogP contribution is 2.26. The van der Waals surface area contributed by atoms with Gasteiger partial charge in [0.25, 0.3) is 0 Å². The monoisotopic (exact) mass is 349 g/mol. The number of ether oxygens (including phenoxy) is 1. The molecular formula is C18H27N3O4. The van der Waals surface area contributed by atoms with Gasteiger partial charge >= 0.3 is 5.97 Å². The van der Waals surface area contributed by atoms with Gasteiger partial charge in [-0.1, -0.05) is 29.4 Å². The van der Waals surface area contributed by atoms with Crippen LogP contribution < -0.4 is 5.73 Å². The lowest BCUT2D eigenvalue weighted by molar-refractivity contribution is -0.150. The first-order chi connectivity index (χ1) is 11.9. The van der Waals surface area contributed by atoms with Crippen LogP contribution in [0.1, 0.15) is 37.8 Å². The molecule has 2 unspecified atom stereocenters. The molecule has 1 fully saturated rings. The molecule has 2 rings (SSSR count). The standard InChI is InChI=1S/C18H27N3O4/c1-3-25-17(22)14-5-4-10-21(11-14)12-18(2,23)15-8-6-13(7-9-15)16(19)20-24/h6-9,14,23-24H,3-5,10-12H2,1-2H3,(H2,19,20). The van der Waals surface area contributed by atoms with Gasteiger partial charge in [0, 0.05) is 18.7 Å². The number of nitrogens with zero attached hydrogens (tertiary/aromatic N) is 2. The Morgan fingerprint density at radius 2 is 2.12 bits per heavy atom. The van der Waals surface area contributed by atoms with E-state index in [0.29, 0.717) is 25.3 Å². The smallest absolute Gasteiger partial charge is 0.310 e. The maximum atomic E-state index is 12.0. The molecular weight excluding hydrogens is 322 g/mol. The quantitative estimate of drug-likeness (QED) is 0.235. The minimum Gasteiger partial charge on any atom is -0.466 e. The molecule has 0 aromatic heterocycles. The summed E-state index contributed by atoms with van der Waals surface area (Å²) in [5, 5.41) is 22.6. The van der Waals surface area contributed by atoms with Crippen LogP contribution in [-0.4, -0.2) is 53.3 Å². The van der Waals surface area contributed by atoms with Crippen LogP contribution in [0.5, 0.6) is 0 Å². The molecule has 1 aliphatic heterocycles. The minimum absolute atomic E-state index is 0.0273. The number of hydrogen-bond acceptors (Lipinski definition) is 6. The number of piperidine rings is 1. The normalized spacial score (nSPS) is 21.6. The Morgan fingerprint density at radius 1 is 1.44 bits per heavy atom. The fourth-order valence-electron chi connectivity index (χ4n) is 3.24. The summed E-state index contributed by atoms with van der Waals surface area (Å²) in [6.45, 7) is 5.80. The molecule has 1 aromatic rings. The molecule has 0 radical (unpaired) electrons. The van der Waals surface area contributed by atoms with Gasteiger partial charge in [-0.3, -0.25) is 9.69 Å². The van der Waals surface area contributed by atoms with E-state index in [1.807, 2.05) is 0 Å². The third kappa shape index (κ3) is 4.93. The lowest BCUT2D eigenvalue weighted by atomic mass is 9.91. The number of likely N-dealkylation sites (tertiary alicyclic amines) is 1. The van der Waals surface area contributed by atoms with Crippen molar-refractivity contribution in [2.24, 2.45) is 16.8 Å². The van der Waals surface area contributed by atoms with E-state index >= 15 is 0 Å². The van der Waals surface area contributed by atoms with Crippen LogP contribution in [0.3, 0.4) is 0 Å². The predicted octanol–water partition coefficient (Wildman–Crippen LogP) is 1.26. The molecule has 138 valence electrons. The number of oxime groups is 1. The fraction of sp³-hybridized carbons (Fsp3) is 0.556. The zero-order valence-electron chi connectivity index (χ0n) is 14.8. The van der Waals surface area contributed by atoms with Crippen LogP contribution in [0.15, 0.2) is 29.4 Å². The second kappa shape index (κ2) is 8.31. The Hall–Kier alpha value is -2.12. The van der Waals surface area contributed by atoms with Crippen molar-refractivity contribution in [3.05, 3.63) is 35.4 Å². The molecule has 1 heterocycles. The van der Waals surface area contributed by atoms with Gasteiger partial charge in [0.1, 0.15) is 0 Å². The number of nitrogens with two attached hydrogens (primary N) is 1. The van der Waals surface area contributed by atoms with Gasteiger partial charge in [-0.25, -0.2) is 0 Å². The predicted molar refractivity (Wildman–Crippen MR) is 94.3 cm³/mol. The van der Waals surface area contributed by atoms with Crippen molar-refractivity contribution in [1.82, 2.24) is 4.90 Å². The fourth-order valence-corrected chi connectivity index (χ4v) is 3.24. The summed E-state index contributed by atoms with van der Waals surface area (Å²) < 4.78 is 5.12. The van der Waals surface area contributed by atoms with Gasteiger partial charge in [0.15, 0.2) is 5.84 Å². The number of carbonyl (C=O) groups is 1. The first-order valence-corrected chi connectivity index (χ1v) is 8.57. The van der Waals surface area contributed by atoms with Gasteiger partial charge in [-0.05, 0) is 38.8 Å². The summed E-state index contributed by atoms with van der Waals surface area (Å²) in [7, 11) is 0. The molecule has 0 amide bonds. The van der Waals surface area contributed by atoms with Gasteiger partial charge in [0.2, 0.25) is 0 Å². The van der Waals surface area contributed by atoms with Crippen LogP contribution in [0, 0.1) is 5.92 Å². The van der Waals surface area contributed by atoms with Crippen molar-refractivity contribution in [2.45, 2.75) is 32.3 Å². The van der Waals surface area contributed by atoms with Gasteiger partial charge in [0.05, 0.1) is 18.1 Å². The lowest BCUT2D eigenvalue weighted by Gasteiger charge is -2.36. The van der Waals surface area contributed by atoms with Gasteiger partial charge in [-0.15, -0.1) is 0 Å². The van der Waals surface area contributed by atoms with E-state index in [4.69, 9.17) is 15.7 Å². The highest BCUT2D eigenvalue weighted by Gasteiger charge is 2.32. The second-order valence-corrected chi connectivity index (χ2v) is 6.66. The Labute approximate surface area is 148 Å². The van der Waals surface area contributed by atoms with Crippen molar-refractivity contribution in [2.75, 3.05) is 26.2 Å². The number of rotatable bonds is 6. The largest absolute Gasteiger partial charge is 0.466 e. The zero-order chi connectivity index (χ0) is 18.4. The Balaban J connectivity index is 2.03. The summed E-state index contributed by atoms with van der Waals surface area (Å²) in [5.41, 5.74) is 5.81. The molecule has 0 aliphatic carbocycles. The number of hydrogen-bond donors (Lipinski definition) is 3. The molecule has 1 aromatic carbocycles. The van der Waals surface area contributed by atoms with E-state index in [9.17, 15) is 9.90 Å². The van der Waals surface area contributed by atoms with Gasteiger partial charge in [-0.2, -0.15) is 0 Å². The first kappa shape index (κ1) is 19.2. The number of β-amino-alcohol motifs (C(OH)–C–C–N with tert-alkyl or cyclic N) is 1. The summed E-state index contributed by atoms with van der Waals surface area (Å²) in [6, 6.07) is 6.94. The van der Waals surface area contributed by atoms with Crippen LogP contribution in [0.2, 0.25) is 0 Å². The maximum absolute atomic E-state index is 12.0. The molecule has 25 heavy (non-hydrogen) atoms. The van der Waals surface area contributed by atoms with E-state index in [1.165, 1.54) is 0 Å². The highest BCUT2D eigenvalue weighted by atomic mass is 16.5. The van der Waals surface area contributed by atoms with E-state index < -0.39 is 5.60 Å². The minimum atomic E-state index is -1.07.